The van der Waals surface area contributed by atoms with Gasteiger partial charge in [-0.2, -0.15) is 0 Å². The number of fused-ring (bicyclic) bond motifs is 4. The Morgan fingerprint density at radius 2 is 1.51 bits per heavy atom. The van der Waals surface area contributed by atoms with E-state index in [0.29, 0.717) is 19.3 Å². The second-order valence-corrected chi connectivity index (χ2v) is 9.52. The van der Waals surface area contributed by atoms with E-state index in [9.17, 15) is 24.3 Å². The fraction of sp³-hybridized carbons (Fsp3) is 0.385. The van der Waals surface area contributed by atoms with E-state index in [1.54, 1.807) is 0 Å². The normalized spacial score (nSPS) is 23.4. The number of carbonyl (C=O) groups is 4. The highest BCUT2D eigenvalue weighted by atomic mass is 16.5. The second-order valence-electron chi connectivity index (χ2n) is 9.52. The number of carboxylic acids is 1. The minimum absolute atomic E-state index is 0.0763. The van der Waals surface area contributed by atoms with Crippen LogP contribution >= 0.6 is 0 Å². The lowest BCUT2D eigenvalue weighted by Gasteiger charge is -2.16. The van der Waals surface area contributed by atoms with Gasteiger partial charge in [-0.1, -0.05) is 48.5 Å². The molecule has 5 rings (SSSR count). The average molecular weight is 478 g/mol. The van der Waals surface area contributed by atoms with E-state index < -0.39 is 23.4 Å². The van der Waals surface area contributed by atoms with E-state index in [4.69, 9.17) is 4.74 Å². The number of nitrogens with one attached hydrogen (secondary N) is 3. The van der Waals surface area contributed by atoms with Crippen molar-refractivity contribution in [1.82, 2.24) is 16.0 Å². The van der Waals surface area contributed by atoms with Gasteiger partial charge in [0.15, 0.2) is 0 Å². The van der Waals surface area contributed by atoms with Crippen molar-refractivity contribution in [2.24, 2.45) is 11.3 Å². The number of ether oxygens (including phenoxy) is 1. The van der Waals surface area contributed by atoms with Gasteiger partial charge in [-0.15, -0.1) is 0 Å². The van der Waals surface area contributed by atoms with Crippen LogP contribution in [0.15, 0.2) is 48.5 Å². The summed E-state index contributed by atoms with van der Waals surface area (Å²) in [6.07, 6.45) is 1.04. The highest BCUT2D eigenvalue weighted by Crippen LogP contribution is 2.63. The molecular weight excluding hydrogens is 450 g/mol. The predicted molar refractivity (Wildman–Crippen MR) is 125 cm³/mol. The van der Waals surface area contributed by atoms with Gasteiger partial charge in [0.1, 0.15) is 13.2 Å². The van der Waals surface area contributed by atoms with E-state index in [2.05, 4.69) is 16.0 Å². The van der Waals surface area contributed by atoms with Crippen LogP contribution in [-0.4, -0.2) is 54.7 Å². The minimum atomic E-state index is -0.799. The molecule has 0 radical (unpaired) electrons. The molecule has 2 fully saturated rings. The first kappa shape index (κ1) is 22.9. The van der Waals surface area contributed by atoms with Gasteiger partial charge >= 0.3 is 12.1 Å². The number of benzene rings is 2. The molecule has 0 unspecified atom stereocenters. The highest BCUT2D eigenvalue weighted by Gasteiger charge is 2.65. The van der Waals surface area contributed by atoms with Crippen LogP contribution in [0, 0.1) is 11.3 Å². The van der Waals surface area contributed by atoms with Gasteiger partial charge < -0.3 is 25.8 Å². The van der Waals surface area contributed by atoms with Crippen molar-refractivity contribution in [2.75, 3.05) is 19.7 Å². The number of carbonyl (C=O) groups excluding carboxylic acids is 3. The maximum atomic E-state index is 12.2. The largest absolute Gasteiger partial charge is 0.481 e. The van der Waals surface area contributed by atoms with Crippen molar-refractivity contribution in [2.45, 2.75) is 31.2 Å². The van der Waals surface area contributed by atoms with Crippen molar-refractivity contribution in [3.05, 3.63) is 59.7 Å². The first-order chi connectivity index (χ1) is 16.9. The molecule has 0 saturated heterocycles. The monoisotopic (exact) mass is 477 g/mol. The summed E-state index contributed by atoms with van der Waals surface area (Å²) in [4.78, 5) is 47.7. The zero-order valence-electron chi connectivity index (χ0n) is 19.1. The van der Waals surface area contributed by atoms with Crippen LogP contribution in [0.4, 0.5) is 4.79 Å². The number of hydrogen-bond donors (Lipinski definition) is 4. The zero-order chi connectivity index (χ0) is 24.6. The summed E-state index contributed by atoms with van der Waals surface area (Å²) < 4.78 is 5.39. The van der Waals surface area contributed by atoms with Gasteiger partial charge in [0.25, 0.3) is 0 Å². The van der Waals surface area contributed by atoms with Crippen LogP contribution in [0.25, 0.3) is 11.1 Å². The van der Waals surface area contributed by atoms with Gasteiger partial charge in [0.05, 0.1) is 12.0 Å². The Bertz CT molecular complexity index is 1150. The molecule has 2 saturated carbocycles. The summed E-state index contributed by atoms with van der Waals surface area (Å²) in [5, 5.41) is 17.0. The number of hydrogen-bond acceptors (Lipinski definition) is 5. The molecule has 2 aromatic carbocycles. The summed E-state index contributed by atoms with van der Waals surface area (Å²) in [7, 11) is 0. The van der Waals surface area contributed by atoms with E-state index >= 15 is 0 Å². The quantitative estimate of drug-likeness (QED) is 0.460. The number of rotatable bonds is 8. The fourth-order valence-electron chi connectivity index (χ4n) is 5.59. The lowest BCUT2D eigenvalue weighted by Crippen LogP contribution is -2.44. The molecule has 0 heterocycles. The van der Waals surface area contributed by atoms with Crippen molar-refractivity contribution >= 4 is 23.9 Å². The van der Waals surface area contributed by atoms with Crippen LogP contribution < -0.4 is 16.0 Å². The van der Waals surface area contributed by atoms with E-state index in [0.717, 1.165) is 22.3 Å². The Hall–Kier alpha value is -3.88. The fourth-order valence-corrected chi connectivity index (χ4v) is 5.59. The second kappa shape index (κ2) is 9.05. The molecule has 3 amide bonds. The maximum absolute atomic E-state index is 12.2. The number of carboxylic acid groups (broad SMARTS) is 1. The lowest BCUT2D eigenvalue weighted by molar-refractivity contribution is -0.143. The minimum Gasteiger partial charge on any atom is -0.481 e. The Balaban J connectivity index is 1.03. The van der Waals surface area contributed by atoms with Crippen LogP contribution in [0.1, 0.15) is 36.3 Å². The van der Waals surface area contributed by atoms with Crippen molar-refractivity contribution in [3.8, 4) is 11.1 Å². The third-order valence-electron chi connectivity index (χ3n) is 7.39. The molecule has 3 aliphatic rings. The molecule has 9 heteroatoms. The van der Waals surface area contributed by atoms with Crippen LogP contribution in [0.2, 0.25) is 0 Å². The molecule has 9 nitrogen and oxygen atoms in total. The average Bonchev–Trinajstić information content (AvgIpc) is 3.28. The summed E-state index contributed by atoms with van der Waals surface area (Å²) in [6, 6.07) is 15.8. The maximum Gasteiger partial charge on any atom is 0.407 e. The molecule has 0 bridgehead atoms. The topological polar surface area (TPSA) is 134 Å². The smallest absolute Gasteiger partial charge is 0.407 e. The van der Waals surface area contributed by atoms with Crippen LogP contribution in [0.3, 0.4) is 0 Å². The van der Waals surface area contributed by atoms with Gasteiger partial charge in [-0.3, -0.25) is 14.4 Å². The molecule has 0 aromatic heterocycles. The van der Waals surface area contributed by atoms with Crippen molar-refractivity contribution in [1.29, 1.82) is 0 Å². The molecule has 4 N–H and O–H groups in total. The number of aliphatic carboxylic acids is 1. The van der Waals surface area contributed by atoms with Gasteiger partial charge in [-0.05, 0) is 47.4 Å². The lowest BCUT2D eigenvalue weighted by atomic mass is 9.98. The Kier molecular flexibility index (Phi) is 5.92. The van der Waals surface area contributed by atoms with Gasteiger partial charge in [0.2, 0.25) is 11.8 Å². The van der Waals surface area contributed by atoms with E-state index in [1.165, 1.54) is 0 Å². The number of alkyl carbamates (subject to hydrolysis) is 1. The van der Waals surface area contributed by atoms with Gasteiger partial charge in [-0.25, -0.2) is 4.79 Å². The predicted octanol–water partition coefficient (Wildman–Crippen LogP) is 2.01. The van der Waals surface area contributed by atoms with E-state index in [1.807, 2.05) is 48.5 Å². The molecule has 2 aromatic rings. The third kappa shape index (κ3) is 4.45. The Morgan fingerprint density at radius 3 is 2.14 bits per heavy atom. The standard InChI is InChI=1S/C26H27N3O6/c30-22(27-13-23(31)29-16-9-15-10-26(15,11-16)24(32)33)12-28-25(34)35-14-21-19-7-3-1-5-17(19)18-6-2-4-8-20(18)21/h1-8,15-16,21H,9-14H2,(H,27,30)(H,28,34)(H,29,31)(H,32,33)/t15-,16+,26+/m1/s1. The highest BCUT2D eigenvalue weighted by molar-refractivity contribution is 5.87. The first-order valence-corrected chi connectivity index (χ1v) is 11.8. The number of amides is 3. The summed E-state index contributed by atoms with van der Waals surface area (Å²) in [6.45, 7) is -0.422. The zero-order valence-corrected chi connectivity index (χ0v) is 19.1. The van der Waals surface area contributed by atoms with Gasteiger partial charge in [0, 0.05) is 12.0 Å². The molecule has 3 aliphatic carbocycles. The van der Waals surface area contributed by atoms with Crippen molar-refractivity contribution in [3.63, 3.8) is 0 Å². The summed E-state index contributed by atoms with van der Waals surface area (Å²) in [5.41, 5.74) is 3.77. The van der Waals surface area contributed by atoms with E-state index in [-0.39, 0.29) is 43.5 Å². The summed E-state index contributed by atoms with van der Waals surface area (Å²) in [5.74, 6) is -1.66. The van der Waals surface area contributed by atoms with Crippen LogP contribution in [0.5, 0.6) is 0 Å². The molecule has 0 aliphatic heterocycles. The SMILES string of the molecule is O=C(CNC(=O)OCC1c2ccccc2-c2ccccc21)NCC(=O)N[C@H]1C[C@@H]2C[C@]2(C(=O)O)C1. The summed E-state index contributed by atoms with van der Waals surface area (Å²) >= 11 is 0. The molecule has 0 spiro atoms. The molecular formula is C26H27N3O6. The Labute approximate surface area is 202 Å². The molecule has 182 valence electrons. The van der Waals surface area contributed by atoms with Crippen LogP contribution in [-0.2, 0) is 19.1 Å². The molecule has 3 atom stereocenters. The third-order valence-corrected chi connectivity index (χ3v) is 7.39. The van der Waals surface area contributed by atoms with Crippen molar-refractivity contribution < 1.29 is 29.0 Å². The Morgan fingerprint density at radius 1 is 0.886 bits per heavy atom. The molecule has 35 heavy (non-hydrogen) atoms. The first-order valence-electron chi connectivity index (χ1n) is 11.8.